The van der Waals surface area contributed by atoms with E-state index in [1.54, 1.807) is 19.2 Å². The summed E-state index contributed by atoms with van der Waals surface area (Å²) >= 11 is 1.25. The van der Waals surface area contributed by atoms with Gasteiger partial charge in [0.15, 0.2) is 11.0 Å². The lowest BCUT2D eigenvalue weighted by atomic mass is 10.2. The zero-order valence-electron chi connectivity index (χ0n) is 17.7. The number of hydrazone groups is 1. The average molecular weight is 462 g/mol. The van der Waals surface area contributed by atoms with Crippen LogP contribution >= 0.6 is 11.8 Å². The molecular weight excluding hydrogens is 441 g/mol. The summed E-state index contributed by atoms with van der Waals surface area (Å²) in [6.07, 6.45) is 1.45. The number of halogens is 1. The minimum absolute atomic E-state index is 0.0916. The van der Waals surface area contributed by atoms with Crippen molar-refractivity contribution in [3.8, 4) is 22.8 Å². The number of rotatable bonds is 8. The molecule has 3 aromatic carbocycles. The van der Waals surface area contributed by atoms with Gasteiger partial charge in [-0.2, -0.15) is 5.10 Å². The zero-order chi connectivity index (χ0) is 23.0. The number of hydrogen-bond acceptors (Lipinski definition) is 6. The highest BCUT2D eigenvalue weighted by molar-refractivity contribution is 7.99. The van der Waals surface area contributed by atoms with Crippen LogP contribution < -0.4 is 10.2 Å². The molecule has 0 spiro atoms. The van der Waals surface area contributed by atoms with E-state index in [4.69, 9.17) is 4.74 Å². The van der Waals surface area contributed by atoms with Gasteiger partial charge in [-0.25, -0.2) is 9.82 Å². The van der Waals surface area contributed by atoms with Crippen LogP contribution in [0.3, 0.4) is 0 Å². The first-order valence-electron chi connectivity index (χ1n) is 9.99. The van der Waals surface area contributed by atoms with Crippen molar-refractivity contribution in [2.24, 2.45) is 5.10 Å². The third-order valence-corrected chi connectivity index (χ3v) is 5.53. The lowest BCUT2D eigenvalue weighted by Gasteiger charge is -2.10. The molecule has 0 unspecified atom stereocenters. The second-order valence-electron chi connectivity index (χ2n) is 6.84. The second-order valence-corrected chi connectivity index (χ2v) is 7.78. The van der Waals surface area contributed by atoms with Gasteiger partial charge in [0.25, 0.3) is 5.91 Å². The van der Waals surface area contributed by atoms with Gasteiger partial charge in [-0.15, -0.1) is 10.2 Å². The van der Waals surface area contributed by atoms with Gasteiger partial charge in [0.05, 0.1) is 19.1 Å². The summed E-state index contributed by atoms with van der Waals surface area (Å²) < 4.78 is 20.1. The van der Waals surface area contributed by atoms with Gasteiger partial charge in [0, 0.05) is 11.3 Å². The standard InChI is InChI=1S/C24H20FN5O2S/c1-32-21-13-9-18(10-14-21)23-28-29-24(30(23)20-5-3-2-4-6-20)33-16-22(31)27-26-15-17-7-11-19(25)12-8-17/h2-15H,16H2,1H3,(H,27,31). The van der Waals surface area contributed by atoms with E-state index in [-0.39, 0.29) is 17.5 Å². The Morgan fingerprint density at radius 2 is 1.79 bits per heavy atom. The van der Waals surface area contributed by atoms with Gasteiger partial charge in [-0.05, 0) is 54.1 Å². The molecule has 4 aromatic rings. The third kappa shape index (κ3) is 5.64. The molecule has 1 heterocycles. The molecule has 9 heteroatoms. The summed E-state index contributed by atoms with van der Waals surface area (Å²) in [5.74, 6) is 0.864. The fourth-order valence-corrected chi connectivity index (χ4v) is 3.73. The van der Waals surface area contributed by atoms with Gasteiger partial charge in [-0.3, -0.25) is 9.36 Å². The minimum Gasteiger partial charge on any atom is -0.497 e. The number of carbonyl (C=O) groups excluding carboxylic acids is 1. The summed E-state index contributed by atoms with van der Waals surface area (Å²) in [6, 6.07) is 23.0. The van der Waals surface area contributed by atoms with Crippen molar-refractivity contribution in [1.29, 1.82) is 0 Å². The summed E-state index contributed by atoms with van der Waals surface area (Å²) in [6.45, 7) is 0. The predicted octanol–water partition coefficient (Wildman–Crippen LogP) is 4.32. The Balaban J connectivity index is 1.49. The molecule has 0 fully saturated rings. The molecule has 166 valence electrons. The van der Waals surface area contributed by atoms with Crippen molar-refractivity contribution in [1.82, 2.24) is 20.2 Å². The van der Waals surface area contributed by atoms with Crippen molar-refractivity contribution >= 4 is 23.9 Å². The highest BCUT2D eigenvalue weighted by Gasteiger charge is 2.17. The summed E-state index contributed by atoms with van der Waals surface area (Å²) in [7, 11) is 1.62. The second kappa shape index (κ2) is 10.6. The molecule has 4 rings (SSSR count). The first-order valence-corrected chi connectivity index (χ1v) is 11.0. The first kappa shape index (κ1) is 22.2. The van der Waals surface area contributed by atoms with Crippen molar-refractivity contribution in [3.05, 3.63) is 90.2 Å². The molecule has 0 aliphatic heterocycles. The van der Waals surface area contributed by atoms with E-state index < -0.39 is 0 Å². The zero-order valence-corrected chi connectivity index (χ0v) is 18.5. The smallest absolute Gasteiger partial charge is 0.250 e. The Labute approximate surface area is 194 Å². The number of methoxy groups -OCH3 is 1. The van der Waals surface area contributed by atoms with Gasteiger partial charge in [0.1, 0.15) is 11.6 Å². The summed E-state index contributed by atoms with van der Waals surface area (Å²) in [5.41, 5.74) is 4.90. The highest BCUT2D eigenvalue weighted by atomic mass is 32.2. The van der Waals surface area contributed by atoms with Crippen LogP contribution in [0.1, 0.15) is 5.56 Å². The SMILES string of the molecule is COc1ccc(-c2nnc(SCC(=O)NN=Cc3ccc(F)cc3)n2-c2ccccc2)cc1. The highest BCUT2D eigenvalue weighted by Crippen LogP contribution is 2.28. The summed E-state index contributed by atoms with van der Waals surface area (Å²) in [5, 5.41) is 13.2. The summed E-state index contributed by atoms with van der Waals surface area (Å²) in [4.78, 5) is 12.3. The Morgan fingerprint density at radius 3 is 2.48 bits per heavy atom. The lowest BCUT2D eigenvalue weighted by molar-refractivity contribution is -0.118. The Kier molecular flexibility index (Phi) is 7.11. The minimum atomic E-state index is -0.330. The van der Waals surface area contributed by atoms with E-state index in [1.807, 2.05) is 59.2 Å². The average Bonchev–Trinajstić information content (AvgIpc) is 3.28. The van der Waals surface area contributed by atoms with Gasteiger partial charge < -0.3 is 4.74 Å². The van der Waals surface area contributed by atoms with Crippen LogP contribution in [0, 0.1) is 5.82 Å². The quantitative estimate of drug-likeness (QED) is 0.240. The number of aromatic nitrogens is 3. The Morgan fingerprint density at radius 1 is 1.06 bits per heavy atom. The molecule has 0 atom stereocenters. The molecule has 0 aliphatic rings. The number of para-hydroxylation sites is 1. The van der Waals surface area contributed by atoms with Crippen molar-refractivity contribution in [2.75, 3.05) is 12.9 Å². The van der Waals surface area contributed by atoms with Crippen LogP contribution in [-0.2, 0) is 4.79 Å². The van der Waals surface area contributed by atoms with E-state index in [1.165, 1.54) is 30.1 Å². The monoisotopic (exact) mass is 461 g/mol. The van der Waals surface area contributed by atoms with Gasteiger partial charge in [-0.1, -0.05) is 42.1 Å². The molecule has 0 saturated carbocycles. The largest absolute Gasteiger partial charge is 0.497 e. The van der Waals surface area contributed by atoms with Crippen LogP contribution in [0.25, 0.3) is 17.1 Å². The topological polar surface area (TPSA) is 81.4 Å². The number of hydrogen-bond donors (Lipinski definition) is 1. The van der Waals surface area contributed by atoms with E-state index in [0.29, 0.717) is 16.5 Å². The Hall–Kier alpha value is -3.98. The maximum absolute atomic E-state index is 13.0. The van der Waals surface area contributed by atoms with Crippen molar-refractivity contribution < 1.29 is 13.9 Å². The molecule has 1 aromatic heterocycles. The number of amides is 1. The molecule has 33 heavy (non-hydrogen) atoms. The molecule has 0 bridgehead atoms. The van der Waals surface area contributed by atoms with Crippen molar-refractivity contribution in [2.45, 2.75) is 5.16 Å². The van der Waals surface area contributed by atoms with E-state index in [2.05, 4.69) is 20.7 Å². The van der Waals surface area contributed by atoms with Gasteiger partial charge >= 0.3 is 0 Å². The lowest BCUT2D eigenvalue weighted by Crippen LogP contribution is -2.20. The number of benzene rings is 3. The van der Waals surface area contributed by atoms with Crippen molar-refractivity contribution in [3.63, 3.8) is 0 Å². The van der Waals surface area contributed by atoms with Crippen LogP contribution in [0.15, 0.2) is 89.1 Å². The number of ether oxygens (including phenoxy) is 1. The molecule has 0 saturated heterocycles. The van der Waals surface area contributed by atoms with Crippen LogP contribution in [-0.4, -0.2) is 39.7 Å². The van der Waals surface area contributed by atoms with E-state index in [0.717, 1.165) is 17.0 Å². The third-order valence-electron chi connectivity index (χ3n) is 4.60. The number of nitrogens with one attached hydrogen (secondary N) is 1. The van der Waals surface area contributed by atoms with E-state index >= 15 is 0 Å². The molecule has 7 nitrogen and oxygen atoms in total. The van der Waals surface area contributed by atoms with E-state index in [9.17, 15) is 9.18 Å². The molecular formula is C24H20FN5O2S. The molecule has 0 radical (unpaired) electrons. The maximum Gasteiger partial charge on any atom is 0.250 e. The predicted molar refractivity (Wildman–Crippen MR) is 126 cm³/mol. The van der Waals surface area contributed by atoms with Crippen LogP contribution in [0.2, 0.25) is 0 Å². The maximum atomic E-state index is 13.0. The van der Waals surface area contributed by atoms with Gasteiger partial charge in [0.2, 0.25) is 0 Å². The fraction of sp³-hybridized carbons (Fsp3) is 0.0833. The normalized spacial score (nSPS) is 11.0. The molecule has 1 N–H and O–H groups in total. The first-order chi connectivity index (χ1) is 16.1. The Bertz CT molecular complexity index is 1240. The molecule has 0 aliphatic carbocycles. The number of thioether (sulfide) groups is 1. The molecule has 1 amide bonds. The fourth-order valence-electron chi connectivity index (χ4n) is 2.99. The van der Waals surface area contributed by atoms with Crippen LogP contribution in [0.4, 0.5) is 4.39 Å². The van der Waals surface area contributed by atoms with Crippen LogP contribution in [0.5, 0.6) is 5.75 Å². The number of nitrogens with zero attached hydrogens (tertiary/aromatic N) is 4. The number of carbonyl (C=O) groups is 1.